The van der Waals surface area contributed by atoms with Crippen LogP contribution in [0, 0.1) is 11.8 Å². The zero-order chi connectivity index (χ0) is 13.4. The molecule has 4 atom stereocenters. The number of carbonyl (C=O) groups is 1. The lowest BCUT2D eigenvalue weighted by molar-refractivity contribution is -0.148. The van der Waals surface area contributed by atoms with Gasteiger partial charge in [-0.2, -0.15) is 0 Å². The molecule has 0 saturated carbocycles. The highest BCUT2D eigenvalue weighted by molar-refractivity contribution is 5.70. The number of hydrogen-bond donors (Lipinski definition) is 1. The number of rotatable bonds is 8. The summed E-state index contributed by atoms with van der Waals surface area (Å²) in [5.74, 6) is -1.51. The van der Waals surface area contributed by atoms with Gasteiger partial charge in [0.05, 0.1) is 18.1 Å². The maximum absolute atomic E-state index is 11.0. The van der Waals surface area contributed by atoms with Gasteiger partial charge in [0.25, 0.3) is 0 Å². The van der Waals surface area contributed by atoms with Gasteiger partial charge in [0.2, 0.25) is 0 Å². The van der Waals surface area contributed by atoms with Crippen LogP contribution in [0.25, 0.3) is 0 Å². The lowest BCUT2D eigenvalue weighted by Gasteiger charge is -2.30. The van der Waals surface area contributed by atoms with Gasteiger partial charge >= 0.3 is 5.97 Å². The molecule has 0 heterocycles. The van der Waals surface area contributed by atoms with E-state index in [9.17, 15) is 4.79 Å². The lowest BCUT2D eigenvalue weighted by Crippen LogP contribution is -2.38. The van der Waals surface area contributed by atoms with Crippen LogP contribution in [0.2, 0.25) is 0 Å². The summed E-state index contributed by atoms with van der Waals surface area (Å²) in [5, 5.41) is 9.01. The molecule has 4 heteroatoms. The monoisotopic (exact) mass is 242 g/mol. The molecule has 4 nitrogen and oxygen atoms in total. The van der Waals surface area contributed by atoms with E-state index >= 15 is 0 Å². The van der Waals surface area contributed by atoms with Crippen LogP contribution in [0.5, 0.6) is 0 Å². The first kappa shape index (κ1) is 15.9. The topological polar surface area (TPSA) is 55.8 Å². The summed E-state index contributed by atoms with van der Waals surface area (Å²) >= 11 is 0. The van der Waals surface area contributed by atoms with Gasteiger partial charge in [0.1, 0.15) is 0 Å². The van der Waals surface area contributed by atoms with Gasteiger partial charge in [-0.05, 0) is 6.92 Å². The third-order valence-corrected chi connectivity index (χ3v) is 2.90. The molecular weight excluding hydrogens is 220 g/mol. The summed E-state index contributed by atoms with van der Waals surface area (Å²) in [4.78, 5) is 11.0. The van der Waals surface area contributed by atoms with Crippen molar-refractivity contribution in [3.05, 3.63) is 24.8 Å². The Balaban J connectivity index is 4.80. The van der Waals surface area contributed by atoms with Crippen molar-refractivity contribution in [3.63, 3.8) is 0 Å². The molecule has 0 aliphatic heterocycles. The van der Waals surface area contributed by atoms with Crippen molar-refractivity contribution in [1.29, 1.82) is 0 Å². The summed E-state index contributed by atoms with van der Waals surface area (Å²) in [6.45, 7) is 7.13. The molecule has 0 aliphatic rings. The zero-order valence-corrected chi connectivity index (χ0v) is 10.9. The average Bonchev–Trinajstić information content (AvgIpc) is 2.30. The van der Waals surface area contributed by atoms with Crippen molar-refractivity contribution < 1.29 is 19.4 Å². The minimum atomic E-state index is -0.869. The highest BCUT2D eigenvalue weighted by atomic mass is 16.5. The first-order valence-electron chi connectivity index (χ1n) is 5.57. The fourth-order valence-corrected chi connectivity index (χ4v) is 1.86. The number of ether oxygens (including phenoxy) is 2. The summed E-state index contributed by atoms with van der Waals surface area (Å²) < 4.78 is 10.6. The Hall–Kier alpha value is -1.13. The Labute approximate surface area is 103 Å². The zero-order valence-electron chi connectivity index (χ0n) is 10.9. The van der Waals surface area contributed by atoms with E-state index in [0.717, 1.165) is 0 Å². The molecule has 1 N–H and O–H groups in total. The fraction of sp³-hybridized carbons (Fsp3) is 0.615. The molecule has 0 aromatic rings. The highest BCUT2D eigenvalue weighted by Crippen LogP contribution is 2.22. The molecule has 98 valence electrons. The molecule has 0 fully saturated rings. The van der Waals surface area contributed by atoms with Crippen LogP contribution in [0.4, 0.5) is 0 Å². The largest absolute Gasteiger partial charge is 0.481 e. The van der Waals surface area contributed by atoms with E-state index in [4.69, 9.17) is 14.6 Å². The van der Waals surface area contributed by atoms with Gasteiger partial charge in [-0.25, -0.2) is 0 Å². The maximum atomic E-state index is 11.0. The standard InChI is InChI=1S/C13H22O4/c1-6-7-8-11(16-4)9(2)12(17-5)10(3)13(14)15/h6-12H,1H2,2-5H3,(H,14,15)/t9-,10+,11-,12+/m0/s1. The van der Waals surface area contributed by atoms with Gasteiger partial charge in [0.15, 0.2) is 0 Å². The first-order valence-corrected chi connectivity index (χ1v) is 5.57. The number of carboxylic acids is 1. The van der Waals surface area contributed by atoms with Crippen molar-refractivity contribution in [1.82, 2.24) is 0 Å². The van der Waals surface area contributed by atoms with E-state index < -0.39 is 18.0 Å². The molecule has 0 amide bonds. The normalized spacial score (nSPS) is 18.6. The van der Waals surface area contributed by atoms with Crippen molar-refractivity contribution in [2.24, 2.45) is 11.8 Å². The fourth-order valence-electron chi connectivity index (χ4n) is 1.86. The number of aliphatic carboxylic acids is 1. The molecule has 0 aliphatic carbocycles. The Morgan fingerprint density at radius 3 is 2.24 bits per heavy atom. The van der Waals surface area contributed by atoms with E-state index in [1.165, 1.54) is 7.11 Å². The summed E-state index contributed by atoms with van der Waals surface area (Å²) in [6, 6.07) is 0. The molecule has 0 rings (SSSR count). The predicted octanol–water partition coefficient (Wildman–Crippen LogP) is 2.12. The molecule has 0 aromatic carbocycles. The number of methoxy groups -OCH3 is 2. The van der Waals surface area contributed by atoms with Gasteiger partial charge < -0.3 is 14.6 Å². The van der Waals surface area contributed by atoms with Gasteiger partial charge in [-0.1, -0.05) is 31.7 Å². The SMILES string of the molecule is C=CC=C[C@H](OC)[C@H](C)[C@@H](OC)[C@@H](C)C(=O)O. The third-order valence-electron chi connectivity index (χ3n) is 2.90. The van der Waals surface area contributed by atoms with Gasteiger partial charge in [-0.3, -0.25) is 4.79 Å². The van der Waals surface area contributed by atoms with E-state index in [1.54, 1.807) is 26.2 Å². The van der Waals surface area contributed by atoms with E-state index in [1.807, 2.05) is 13.0 Å². The van der Waals surface area contributed by atoms with Crippen LogP contribution in [0.15, 0.2) is 24.8 Å². The molecular formula is C13H22O4. The molecule has 0 radical (unpaired) electrons. The Morgan fingerprint density at radius 2 is 1.88 bits per heavy atom. The number of carboxylic acid groups (broad SMARTS) is 1. The van der Waals surface area contributed by atoms with Crippen molar-refractivity contribution in [2.45, 2.75) is 26.1 Å². The molecule has 17 heavy (non-hydrogen) atoms. The van der Waals surface area contributed by atoms with Gasteiger partial charge in [-0.15, -0.1) is 0 Å². The second-order valence-electron chi connectivity index (χ2n) is 4.01. The molecule has 0 bridgehead atoms. The Kier molecular flexibility index (Phi) is 7.50. The van der Waals surface area contributed by atoms with Crippen molar-refractivity contribution in [2.75, 3.05) is 14.2 Å². The molecule has 0 saturated heterocycles. The van der Waals surface area contributed by atoms with Crippen molar-refractivity contribution in [3.8, 4) is 0 Å². The van der Waals surface area contributed by atoms with E-state index in [0.29, 0.717) is 0 Å². The van der Waals surface area contributed by atoms with Crippen LogP contribution in [-0.4, -0.2) is 37.5 Å². The number of allylic oxidation sites excluding steroid dienone is 2. The molecule has 0 spiro atoms. The van der Waals surface area contributed by atoms with Gasteiger partial charge in [0, 0.05) is 20.1 Å². The summed E-state index contributed by atoms with van der Waals surface area (Å²) in [7, 11) is 3.11. The second-order valence-corrected chi connectivity index (χ2v) is 4.01. The predicted molar refractivity (Wildman–Crippen MR) is 66.9 cm³/mol. The smallest absolute Gasteiger partial charge is 0.308 e. The minimum Gasteiger partial charge on any atom is -0.481 e. The molecule has 0 aromatic heterocycles. The molecule has 0 unspecified atom stereocenters. The number of hydrogen-bond acceptors (Lipinski definition) is 3. The third kappa shape index (κ3) is 4.71. The summed E-state index contributed by atoms with van der Waals surface area (Å²) in [5.41, 5.74) is 0. The van der Waals surface area contributed by atoms with Crippen LogP contribution >= 0.6 is 0 Å². The lowest BCUT2D eigenvalue weighted by atomic mass is 9.89. The van der Waals surface area contributed by atoms with Crippen LogP contribution in [0.3, 0.4) is 0 Å². The highest BCUT2D eigenvalue weighted by Gasteiger charge is 2.32. The Morgan fingerprint density at radius 1 is 1.29 bits per heavy atom. The van der Waals surface area contributed by atoms with Crippen LogP contribution in [-0.2, 0) is 14.3 Å². The Bertz CT molecular complexity index is 273. The minimum absolute atomic E-state index is 0.0627. The van der Waals surface area contributed by atoms with Crippen LogP contribution in [0.1, 0.15) is 13.8 Å². The quantitative estimate of drug-likeness (QED) is 0.662. The van der Waals surface area contributed by atoms with Crippen molar-refractivity contribution >= 4 is 5.97 Å². The van der Waals surface area contributed by atoms with E-state index in [-0.39, 0.29) is 12.0 Å². The average molecular weight is 242 g/mol. The first-order chi connectivity index (χ1) is 7.99. The van der Waals surface area contributed by atoms with Crippen LogP contribution < -0.4 is 0 Å². The van der Waals surface area contributed by atoms with E-state index in [2.05, 4.69) is 6.58 Å². The second kappa shape index (κ2) is 8.03. The maximum Gasteiger partial charge on any atom is 0.308 e. The summed E-state index contributed by atoms with van der Waals surface area (Å²) in [6.07, 6.45) is 4.69.